The lowest BCUT2D eigenvalue weighted by atomic mass is 9.96. The van der Waals surface area contributed by atoms with E-state index in [0.717, 1.165) is 0 Å². The van der Waals surface area contributed by atoms with Crippen molar-refractivity contribution in [3.8, 4) is 0 Å². The smallest absolute Gasteiger partial charge is 0.0568 e. The van der Waals surface area contributed by atoms with Crippen molar-refractivity contribution in [1.29, 1.82) is 0 Å². The highest BCUT2D eigenvalue weighted by Gasteiger charge is 2.12. The summed E-state index contributed by atoms with van der Waals surface area (Å²) in [4.78, 5) is 0. The third kappa shape index (κ3) is 5.87. The predicted molar refractivity (Wildman–Crippen MR) is 165 cm³/mol. The van der Waals surface area contributed by atoms with E-state index in [1.807, 2.05) is 0 Å². The van der Waals surface area contributed by atoms with Crippen molar-refractivity contribution in [2.75, 3.05) is 0 Å². The fraction of sp³-hybridized carbons (Fsp3) is 0.444. The Balaban J connectivity index is 1.14. The molecular weight excluding hydrogens is 446 g/mol. The molecule has 0 bridgehead atoms. The molecule has 0 fully saturated rings. The number of benzene rings is 4. The van der Waals surface area contributed by atoms with Gasteiger partial charge >= 0.3 is 0 Å². The van der Waals surface area contributed by atoms with Crippen LogP contribution in [0.25, 0.3) is 43.4 Å². The van der Waals surface area contributed by atoms with Gasteiger partial charge in [-0.25, -0.2) is 0 Å². The van der Waals surface area contributed by atoms with E-state index in [-0.39, 0.29) is 0 Å². The first-order chi connectivity index (χ1) is 18.3. The van der Waals surface area contributed by atoms with Gasteiger partial charge in [0, 0.05) is 28.7 Å². The minimum Gasteiger partial charge on any atom is -0.343 e. The van der Waals surface area contributed by atoms with E-state index in [9.17, 15) is 0 Å². The van der Waals surface area contributed by atoms with Gasteiger partial charge in [0.05, 0.1) is 5.52 Å². The Hall–Kier alpha value is -2.80. The molecule has 0 aliphatic rings. The summed E-state index contributed by atoms with van der Waals surface area (Å²) in [5.41, 5.74) is 4.13. The molecule has 0 aliphatic heterocycles. The van der Waals surface area contributed by atoms with Crippen molar-refractivity contribution in [2.24, 2.45) is 7.05 Å². The van der Waals surface area contributed by atoms with E-state index in [2.05, 4.69) is 85.3 Å². The molecule has 0 saturated carbocycles. The first-order valence-electron chi connectivity index (χ1n) is 15.1. The summed E-state index contributed by atoms with van der Waals surface area (Å²) in [7, 11) is 2.20. The number of aryl methyl sites for hydroxylation is 2. The third-order valence-electron chi connectivity index (χ3n) is 8.51. The van der Waals surface area contributed by atoms with Gasteiger partial charge in [-0.3, -0.25) is 0 Å². The maximum Gasteiger partial charge on any atom is 0.0568 e. The van der Waals surface area contributed by atoms with Crippen molar-refractivity contribution in [3.63, 3.8) is 0 Å². The number of unbranched alkanes of at least 4 members (excludes halogenated alkanes) is 12. The average Bonchev–Trinajstić information content (AvgIpc) is 3.23. The van der Waals surface area contributed by atoms with Crippen LogP contribution in [0.5, 0.6) is 0 Å². The molecule has 0 amide bonds. The van der Waals surface area contributed by atoms with Crippen LogP contribution >= 0.6 is 0 Å². The minimum atomic E-state index is 1.20. The Morgan fingerprint density at radius 3 is 1.81 bits per heavy atom. The topological polar surface area (TPSA) is 4.93 Å². The van der Waals surface area contributed by atoms with Crippen molar-refractivity contribution in [3.05, 3.63) is 72.3 Å². The quantitative estimate of drug-likeness (QED) is 0.107. The monoisotopic (exact) mass is 491 g/mol. The lowest BCUT2D eigenvalue weighted by Crippen LogP contribution is -1.90. The lowest BCUT2D eigenvalue weighted by Gasteiger charge is -2.09. The lowest BCUT2D eigenvalue weighted by molar-refractivity contribution is 0.539. The van der Waals surface area contributed by atoms with E-state index in [0.29, 0.717) is 0 Å². The molecule has 194 valence electrons. The molecule has 0 aliphatic carbocycles. The van der Waals surface area contributed by atoms with Crippen LogP contribution in [-0.4, -0.2) is 4.57 Å². The van der Waals surface area contributed by atoms with Gasteiger partial charge in [0.1, 0.15) is 0 Å². The van der Waals surface area contributed by atoms with Crippen LogP contribution in [-0.2, 0) is 13.5 Å². The molecule has 0 radical (unpaired) electrons. The molecule has 37 heavy (non-hydrogen) atoms. The van der Waals surface area contributed by atoms with Gasteiger partial charge in [-0.05, 0) is 40.6 Å². The van der Waals surface area contributed by atoms with Crippen LogP contribution in [0.3, 0.4) is 0 Å². The highest BCUT2D eigenvalue weighted by Crippen LogP contribution is 2.36. The fourth-order valence-electron chi connectivity index (χ4n) is 6.38. The number of hydrogen-bond donors (Lipinski definition) is 0. The van der Waals surface area contributed by atoms with E-state index in [4.69, 9.17) is 0 Å². The first kappa shape index (κ1) is 25.8. The zero-order chi connectivity index (χ0) is 25.5. The Kier molecular flexibility index (Phi) is 8.82. The number of para-hydroxylation sites is 1. The summed E-state index contributed by atoms with van der Waals surface area (Å²) in [5, 5.41) is 8.16. The van der Waals surface area contributed by atoms with Crippen LogP contribution in [0.15, 0.2) is 66.7 Å². The molecular formula is C36H45N. The Bertz CT molecular complexity index is 1450. The maximum atomic E-state index is 2.43. The molecule has 1 nitrogen and oxygen atoms in total. The molecule has 5 rings (SSSR count). The number of fused-ring (bicyclic) bond motifs is 7. The zero-order valence-corrected chi connectivity index (χ0v) is 23.2. The van der Waals surface area contributed by atoms with Crippen LogP contribution in [0.1, 0.15) is 96.0 Å². The summed E-state index contributed by atoms with van der Waals surface area (Å²) in [6, 6.07) is 25.2. The normalized spacial score (nSPS) is 11.9. The molecule has 0 saturated heterocycles. The van der Waals surface area contributed by atoms with E-state index < -0.39 is 0 Å². The molecule has 0 unspecified atom stereocenters. The minimum absolute atomic E-state index is 1.20. The predicted octanol–water partition coefficient (Wildman–Crippen LogP) is 11.3. The maximum absolute atomic E-state index is 2.43. The van der Waals surface area contributed by atoms with Crippen molar-refractivity contribution >= 4 is 43.4 Å². The van der Waals surface area contributed by atoms with Crippen molar-refractivity contribution in [2.45, 2.75) is 96.8 Å². The van der Waals surface area contributed by atoms with Crippen LogP contribution < -0.4 is 0 Å². The van der Waals surface area contributed by atoms with E-state index in [1.54, 1.807) is 0 Å². The van der Waals surface area contributed by atoms with Gasteiger partial charge in [-0.15, -0.1) is 0 Å². The molecule has 5 aromatic rings. The summed E-state index contributed by atoms with van der Waals surface area (Å²) in [6.45, 7) is 2.30. The van der Waals surface area contributed by atoms with Gasteiger partial charge in [-0.1, -0.05) is 145 Å². The number of rotatable bonds is 14. The molecule has 1 heterocycles. The molecule has 1 heteroatoms. The second-order valence-electron chi connectivity index (χ2n) is 11.2. The van der Waals surface area contributed by atoms with Gasteiger partial charge < -0.3 is 4.57 Å². The van der Waals surface area contributed by atoms with E-state index >= 15 is 0 Å². The molecule has 4 aromatic carbocycles. The number of nitrogens with zero attached hydrogens (tertiary/aromatic N) is 1. The molecule has 0 spiro atoms. The summed E-state index contributed by atoms with van der Waals surface area (Å²) in [6.07, 6.45) is 19.6. The standard InChI is InChI=1S/C36H45N/c1-3-4-5-6-7-8-9-10-11-12-13-14-15-18-28-21-23-30-29(27-28)22-24-33-31(30)25-26-34-32-19-16-17-20-35(32)37(2)36(33)34/h16-17,19-27H,3-15,18H2,1-2H3. The van der Waals surface area contributed by atoms with Gasteiger partial charge in [0.2, 0.25) is 0 Å². The summed E-state index contributed by atoms with van der Waals surface area (Å²) < 4.78 is 2.36. The molecule has 0 atom stereocenters. The third-order valence-corrected chi connectivity index (χ3v) is 8.51. The van der Waals surface area contributed by atoms with Gasteiger partial charge in [-0.2, -0.15) is 0 Å². The van der Waals surface area contributed by atoms with Crippen molar-refractivity contribution in [1.82, 2.24) is 4.57 Å². The highest BCUT2D eigenvalue weighted by atomic mass is 14.9. The Morgan fingerprint density at radius 1 is 0.514 bits per heavy atom. The summed E-state index contributed by atoms with van der Waals surface area (Å²) in [5.74, 6) is 0. The van der Waals surface area contributed by atoms with E-state index in [1.165, 1.54) is 139 Å². The number of aromatic nitrogens is 1. The largest absolute Gasteiger partial charge is 0.343 e. The van der Waals surface area contributed by atoms with Crippen molar-refractivity contribution < 1.29 is 0 Å². The average molecular weight is 492 g/mol. The SMILES string of the molecule is CCCCCCCCCCCCCCCc1ccc2c(ccc3c2ccc2c4ccccc4n(C)c32)c1. The summed E-state index contributed by atoms with van der Waals surface area (Å²) >= 11 is 0. The number of hydrogen-bond acceptors (Lipinski definition) is 0. The zero-order valence-electron chi connectivity index (χ0n) is 23.2. The van der Waals surface area contributed by atoms with Gasteiger partial charge in [0.25, 0.3) is 0 Å². The highest BCUT2D eigenvalue weighted by molar-refractivity contribution is 6.22. The van der Waals surface area contributed by atoms with Gasteiger partial charge in [0.15, 0.2) is 0 Å². The Morgan fingerprint density at radius 2 is 1.08 bits per heavy atom. The Labute approximate surface area is 223 Å². The second-order valence-corrected chi connectivity index (χ2v) is 11.2. The first-order valence-corrected chi connectivity index (χ1v) is 15.1. The molecule has 0 N–H and O–H groups in total. The fourth-order valence-corrected chi connectivity index (χ4v) is 6.38. The van der Waals surface area contributed by atoms with Crippen LogP contribution in [0.4, 0.5) is 0 Å². The molecule has 1 aromatic heterocycles. The van der Waals surface area contributed by atoms with Crippen LogP contribution in [0, 0.1) is 0 Å². The second kappa shape index (κ2) is 12.6. The van der Waals surface area contributed by atoms with Crippen LogP contribution in [0.2, 0.25) is 0 Å².